The van der Waals surface area contributed by atoms with Crippen LogP contribution in [0.2, 0.25) is 0 Å². The van der Waals surface area contributed by atoms with E-state index in [1.165, 1.54) is 6.07 Å². The fourth-order valence-electron chi connectivity index (χ4n) is 2.24. The molecule has 0 saturated carbocycles. The Kier molecular flexibility index (Phi) is 3.97. The van der Waals surface area contributed by atoms with Crippen LogP contribution in [0.1, 0.15) is 18.4 Å². The van der Waals surface area contributed by atoms with Gasteiger partial charge in [0.05, 0.1) is 0 Å². The highest BCUT2D eigenvalue weighted by Crippen LogP contribution is 2.23. The van der Waals surface area contributed by atoms with Crippen molar-refractivity contribution in [3.8, 4) is 0 Å². The summed E-state index contributed by atoms with van der Waals surface area (Å²) in [7, 11) is 2.01. The molecule has 1 fully saturated rings. The quantitative estimate of drug-likeness (QED) is 0.874. The molecule has 4 heteroatoms. The van der Waals surface area contributed by atoms with E-state index in [4.69, 9.17) is 10.5 Å². The maximum Gasteiger partial charge on any atom is 0.125 e. The molecule has 1 aliphatic heterocycles. The maximum atomic E-state index is 13.4. The molecule has 0 aromatic heterocycles. The summed E-state index contributed by atoms with van der Waals surface area (Å²) in [5.74, 6) is -0.221. The van der Waals surface area contributed by atoms with E-state index in [1.807, 2.05) is 13.1 Å². The molecule has 1 saturated heterocycles. The van der Waals surface area contributed by atoms with Gasteiger partial charge in [-0.05, 0) is 36.6 Å². The first-order chi connectivity index (χ1) is 8.20. The van der Waals surface area contributed by atoms with E-state index < -0.39 is 0 Å². The molecule has 0 amide bonds. The normalized spacial score (nSPS) is 17.1. The summed E-state index contributed by atoms with van der Waals surface area (Å²) in [6.45, 7) is 1.94. The van der Waals surface area contributed by atoms with E-state index in [9.17, 15) is 4.39 Å². The molecule has 1 aromatic carbocycles. The highest BCUT2D eigenvalue weighted by atomic mass is 19.1. The second kappa shape index (κ2) is 5.47. The van der Waals surface area contributed by atoms with Gasteiger partial charge >= 0.3 is 0 Å². The molecular weight excluding hydrogens is 219 g/mol. The third-order valence-corrected chi connectivity index (χ3v) is 3.32. The topological polar surface area (TPSA) is 38.5 Å². The van der Waals surface area contributed by atoms with Crippen LogP contribution in [0.5, 0.6) is 0 Å². The average Bonchev–Trinajstić information content (AvgIpc) is 2.38. The Morgan fingerprint density at radius 3 is 2.71 bits per heavy atom. The van der Waals surface area contributed by atoms with E-state index >= 15 is 0 Å². The van der Waals surface area contributed by atoms with Gasteiger partial charge in [0.1, 0.15) is 5.82 Å². The van der Waals surface area contributed by atoms with Gasteiger partial charge in [-0.15, -0.1) is 0 Å². The summed E-state index contributed by atoms with van der Waals surface area (Å²) < 4.78 is 18.8. The summed E-state index contributed by atoms with van der Waals surface area (Å²) in [5.41, 5.74) is 7.29. The summed E-state index contributed by atoms with van der Waals surface area (Å²) >= 11 is 0. The Hall–Kier alpha value is -1.13. The molecule has 1 heterocycles. The van der Waals surface area contributed by atoms with Crippen molar-refractivity contribution < 1.29 is 9.13 Å². The minimum absolute atomic E-state index is 0.221. The van der Waals surface area contributed by atoms with E-state index in [0.29, 0.717) is 12.6 Å². The molecule has 0 spiro atoms. The first-order valence-electron chi connectivity index (χ1n) is 6.01. The van der Waals surface area contributed by atoms with Gasteiger partial charge in [-0.3, -0.25) is 0 Å². The second-order valence-electron chi connectivity index (χ2n) is 4.48. The Balaban J connectivity index is 2.17. The third kappa shape index (κ3) is 2.96. The Labute approximate surface area is 101 Å². The van der Waals surface area contributed by atoms with Crippen LogP contribution in [0.25, 0.3) is 0 Å². The lowest BCUT2D eigenvalue weighted by molar-refractivity contribution is 0.0855. The van der Waals surface area contributed by atoms with Crippen molar-refractivity contribution in [3.05, 3.63) is 29.6 Å². The molecule has 0 radical (unpaired) electrons. The van der Waals surface area contributed by atoms with Crippen molar-refractivity contribution in [2.24, 2.45) is 5.73 Å². The van der Waals surface area contributed by atoms with Crippen molar-refractivity contribution in [2.45, 2.75) is 25.4 Å². The van der Waals surface area contributed by atoms with E-state index in [-0.39, 0.29) is 5.82 Å². The summed E-state index contributed by atoms with van der Waals surface area (Å²) in [4.78, 5) is 2.13. The fourth-order valence-corrected chi connectivity index (χ4v) is 2.24. The Bertz CT molecular complexity index is 378. The molecule has 0 aliphatic carbocycles. The highest BCUT2D eigenvalue weighted by molar-refractivity contribution is 5.49. The Morgan fingerprint density at radius 2 is 2.06 bits per heavy atom. The average molecular weight is 238 g/mol. The number of halogens is 1. The minimum Gasteiger partial charge on any atom is -0.381 e. The highest BCUT2D eigenvalue weighted by Gasteiger charge is 2.19. The first-order valence-corrected chi connectivity index (χ1v) is 6.01. The molecule has 94 valence electrons. The lowest BCUT2D eigenvalue weighted by Crippen LogP contribution is -2.36. The van der Waals surface area contributed by atoms with Gasteiger partial charge in [-0.2, -0.15) is 0 Å². The van der Waals surface area contributed by atoms with E-state index in [2.05, 4.69) is 4.90 Å². The number of anilines is 1. The number of nitrogens with two attached hydrogens (primary N) is 1. The predicted octanol–water partition coefficient (Wildman–Crippen LogP) is 1.90. The molecule has 0 bridgehead atoms. The summed E-state index contributed by atoms with van der Waals surface area (Å²) in [5, 5.41) is 0. The Morgan fingerprint density at radius 1 is 1.35 bits per heavy atom. The van der Waals surface area contributed by atoms with Gasteiger partial charge in [0.2, 0.25) is 0 Å². The zero-order valence-electron chi connectivity index (χ0n) is 10.2. The van der Waals surface area contributed by atoms with Gasteiger partial charge in [0.15, 0.2) is 0 Å². The third-order valence-electron chi connectivity index (χ3n) is 3.32. The molecule has 2 N–H and O–H groups in total. The SMILES string of the molecule is CN(c1cc(F)cc(CN)c1)C1CCOCC1. The summed E-state index contributed by atoms with van der Waals surface area (Å²) in [6.07, 6.45) is 1.98. The van der Waals surface area contributed by atoms with Gasteiger partial charge in [-0.25, -0.2) is 4.39 Å². The summed E-state index contributed by atoms with van der Waals surface area (Å²) in [6, 6.07) is 5.44. The first kappa shape index (κ1) is 12.3. The number of benzene rings is 1. The minimum atomic E-state index is -0.221. The van der Waals surface area contributed by atoms with E-state index in [1.54, 1.807) is 6.07 Å². The van der Waals surface area contributed by atoms with Crippen LogP contribution in [0.4, 0.5) is 10.1 Å². The predicted molar refractivity (Wildman–Crippen MR) is 66.5 cm³/mol. The zero-order valence-corrected chi connectivity index (χ0v) is 10.2. The van der Waals surface area contributed by atoms with E-state index in [0.717, 1.165) is 37.3 Å². The second-order valence-corrected chi connectivity index (χ2v) is 4.48. The molecule has 1 aromatic rings. The number of hydrogen-bond donors (Lipinski definition) is 1. The van der Waals surface area contributed by atoms with Crippen molar-refractivity contribution in [1.82, 2.24) is 0 Å². The monoisotopic (exact) mass is 238 g/mol. The largest absolute Gasteiger partial charge is 0.381 e. The molecule has 0 unspecified atom stereocenters. The van der Waals surface area contributed by atoms with Crippen molar-refractivity contribution >= 4 is 5.69 Å². The number of hydrogen-bond acceptors (Lipinski definition) is 3. The van der Waals surface area contributed by atoms with Crippen LogP contribution in [-0.4, -0.2) is 26.3 Å². The van der Waals surface area contributed by atoms with Gasteiger partial charge in [-0.1, -0.05) is 0 Å². The molecule has 0 atom stereocenters. The molecule has 17 heavy (non-hydrogen) atoms. The van der Waals surface area contributed by atoms with Crippen molar-refractivity contribution in [3.63, 3.8) is 0 Å². The standard InChI is InChI=1S/C13H19FN2O/c1-16(12-2-4-17-5-3-12)13-7-10(9-15)6-11(14)8-13/h6-8,12H,2-5,9,15H2,1H3. The van der Waals surface area contributed by atoms with Gasteiger partial charge < -0.3 is 15.4 Å². The van der Waals surface area contributed by atoms with Gasteiger partial charge in [0.25, 0.3) is 0 Å². The van der Waals surface area contributed by atoms with Crippen LogP contribution >= 0.6 is 0 Å². The number of ether oxygens (including phenoxy) is 1. The van der Waals surface area contributed by atoms with Crippen molar-refractivity contribution in [2.75, 3.05) is 25.2 Å². The smallest absolute Gasteiger partial charge is 0.125 e. The van der Waals surface area contributed by atoms with Gasteiger partial charge in [0, 0.05) is 38.5 Å². The number of rotatable bonds is 3. The van der Waals surface area contributed by atoms with Crippen LogP contribution in [0, 0.1) is 5.82 Å². The van der Waals surface area contributed by atoms with Crippen LogP contribution in [0.15, 0.2) is 18.2 Å². The fraction of sp³-hybridized carbons (Fsp3) is 0.538. The lowest BCUT2D eigenvalue weighted by atomic mass is 10.1. The lowest BCUT2D eigenvalue weighted by Gasteiger charge is -2.33. The van der Waals surface area contributed by atoms with Crippen LogP contribution < -0.4 is 10.6 Å². The number of nitrogens with zero attached hydrogens (tertiary/aromatic N) is 1. The molecule has 2 rings (SSSR count). The zero-order chi connectivity index (χ0) is 12.3. The maximum absolute atomic E-state index is 13.4. The molecule has 1 aliphatic rings. The molecular formula is C13H19FN2O. The van der Waals surface area contributed by atoms with Crippen molar-refractivity contribution in [1.29, 1.82) is 0 Å². The molecule has 3 nitrogen and oxygen atoms in total. The van der Waals surface area contributed by atoms with Crippen LogP contribution in [-0.2, 0) is 11.3 Å². The van der Waals surface area contributed by atoms with Crippen LogP contribution in [0.3, 0.4) is 0 Å².